The molecular weight excluding hydrogens is 1120 g/mol. The summed E-state index contributed by atoms with van der Waals surface area (Å²) >= 11 is 0. The lowest BCUT2D eigenvalue weighted by Gasteiger charge is -2.29. The van der Waals surface area contributed by atoms with Gasteiger partial charge in [0.2, 0.25) is 65.0 Å². The molecule has 11 amide bonds. The second-order valence-electron chi connectivity index (χ2n) is 22.4. The van der Waals surface area contributed by atoms with Crippen LogP contribution in [0.3, 0.4) is 0 Å². The topological polar surface area (TPSA) is 538 Å². The lowest BCUT2D eigenvalue weighted by molar-refractivity contribution is -0.143. The maximum absolute atomic E-state index is 14.7. The molecule has 480 valence electrons. The molecule has 86 heavy (non-hydrogen) atoms. The number of hydrogen-bond donors (Lipinski definition) is 18. The van der Waals surface area contributed by atoms with E-state index in [2.05, 4.69) is 57.8 Å². The maximum atomic E-state index is 14.7. The number of aliphatic imine (C=N–C) groups is 1. The fourth-order valence-corrected chi connectivity index (χ4v) is 8.88. The highest BCUT2D eigenvalue weighted by Crippen LogP contribution is 2.20. The molecule has 31 nitrogen and oxygen atoms in total. The molecule has 2 rings (SSSR count). The number of hydrogen-bond acceptors (Lipinski definition) is 16. The van der Waals surface area contributed by atoms with E-state index >= 15 is 0 Å². The number of unbranched alkanes of at least 4 members (excludes halogenated alkanes) is 1. The van der Waals surface area contributed by atoms with Crippen LogP contribution in [0.15, 0.2) is 35.5 Å². The van der Waals surface area contributed by atoms with Gasteiger partial charge in [0.15, 0.2) is 5.96 Å². The largest absolute Gasteiger partial charge is 0.480 e. The molecule has 2 aromatic rings. The number of rotatable bonds is 40. The Balaban J connectivity index is 2.45. The predicted octanol–water partition coefficient (Wildman–Crippen LogP) is -4.43. The number of aliphatic hydroxyl groups excluding tert-OH is 1. The van der Waals surface area contributed by atoms with Crippen LogP contribution in [0.2, 0.25) is 0 Å². The van der Waals surface area contributed by atoms with E-state index in [9.17, 15) is 67.7 Å². The number of aliphatic carboxylic acids is 1. The zero-order valence-electron chi connectivity index (χ0n) is 50.0. The van der Waals surface area contributed by atoms with E-state index in [4.69, 9.17) is 34.4 Å². The molecule has 31 heteroatoms. The Bertz CT molecular complexity index is 2680. The average molecular weight is 1210 g/mol. The normalized spacial score (nSPS) is 14.8. The second kappa shape index (κ2) is 37.1. The van der Waals surface area contributed by atoms with Crippen molar-refractivity contribution in [3.63, 3.8) is 0 Å². The summed E-state index contributed by atoms with van der Waals surface area (Å²) in [6.07, 6.45) is -0.382. The van der Waals surface area contributed by atoms with Crippen molar-refractivity contribution in [3.8, 4) is 0 Å². The first-order chi connectivity index (χ1) is 40.3. The fraction of sp³-hybridized carbons (Fsp3) is 0.618. The summed E-state index contributed by atoms with van der Waals surface area (Å²) in [6.45, 7) is 11.4. The quantitative estimate of drug-likeness (QED) is 0.0170. The molecule has 0 saturated heterocycles. The number of amides is 11. The number of nitrogens with two attached hydrogens (primary N) is 6. The van der Waals surface area contributed by atoms with Crippen LogP contribution in [0, 0.1) is 17.8 Å². The van der Waals surface area contributed by atoms with Gasteiger partial charge in [0.1, 0.15) is 48.3 Å². The molecule has 1 heterocycles. The Morgan fingerprint density at radius 2 is 1.01 bits per heavy atom. The van der Waals surface area contributed by atoms with Crippen molar-refractivity contribution in [3.05, 3.63) is 36.0 Å². The number of nitrogens with zero attached hydrogens (tertiary/aromatic N) is 1. The average Bonchev–Trinajstić information content (AvgIpc) is 4.10. The van der Waals surface area contributed by atoms with E-state index in [1.54, 1.807) is 72.0 Å². The number of nitrogens with one attached hydrogen (secondary N) is 10. The van der Waals surface area contributed by atoms with Crippen molar-refractivity contribution in [2.75, 3.05) is 19.6 Å². The summed E-state index contributed by atoms with van der Waals surface area (Å²) in [6, 6.07) is -5.88. The van der Waals surface area contributed by atoms with Gasteiger partial charge < -0.3 is 97.5 Å². The second-order valence-corrected chi connectivity index (χ2v) is 22.4. The lowest BCUT2D eigenvalue weighted by atomic mass is 9.98. The van der Waals surface area contributed by atoms with E-state index in [1.165, 1.54) is 6.92 Å². The summed E-state index contributed by atoms with van der Waals surface area (Å²) in [4.78, 5) is 167. The van der Waals surface area contributed by atoms with Gasteiger partial charge in [-0.2, -0.15) is 0 Å². The summed E-state index contributed by atoms with van der Waals surface area (Å²) in [5, 5.41) is 43.4. The van der Waals surface area contributed by atoms with Crippen LogP contribution in [-0.4, -0.2) is 172 Å². The first kappa shape index (κ1) is 73.7. The molecule has 1 aromatic carbocycles. The highest BCUT2D eigenvalue weighted by atomic mass is 16.4. The molecule has 0 unspecified atom stereocenters. The van der Waals surface area contributed by atoms with Crippen LogP contribution >= 0.6 is 0 Å². The van der Waals surface area contributed by atoms with Crippen LogP contribution in [0.1, 0.15) is 118 Å². The van der Waals surface area contributed by atoms with Crippen LogP contribution in [0.5, 0.6) is 0 Å². The first-order valence-electron chi connectivity index (χ1n) is 28.6. The number of guanidine groups is 1. The Kier molecular flexibility index (Phi) is 31.8. The number of aliphatic hydroxyl groups is 1. The standard InChI is InChI=1S/C55H91N17O14/c1-27(2)19-36(68-51(82)40(23-42(58)74)66-46(77)33(57)14-12-18-62-55(60)61)48(79)67-37(20-28(3)4)49(80)70-39(22-31-25-63-34-15-9-8-13-32(31)34)50(81)69-38(21-29(5)6)52(83)72-45(30(7)73)53(84)64-26-44(76)65-35(16-10-11-17-56)47(78)71-41(54(85)86)24-43(59)75/h8-9,13,15,25,27-30,33,35-41,45,63,73H,10-12,14,16-24,26,56-57H2,1-7H3,(H2,58,74)(H2,59,75)(H,64,84)(H,65,76)(H,66,77)(H,67,79)(H,68,82)(H,69,81)(H,70,80)(H,71,78)(H,72,83)(H,85,86)(H4,60,61,62)/t30-,33+,35+,36+,37+,38+,39+,40+,41+,45+/m1/s1. The summed E-state index contributed by atoms with van der Waals surface area (Å²) < 4.78 is 0. The molecule has 1 aromatic heterocycles. The molecule has 0 bridgehead atoms. The first-order valence-corrected chi connectivity index (χ1v) is 28.6. The number of carbonyl (C=O) groups is 12. The van der Waals surface area contributed by atoms with E-state index in [-0.39, 0.29) is 75.3 Å². The Morgan fingerprint density at radius 3 is 1.51 bits per heavy atom. The predicted molar refractivity (Wildman–Crippen MR) is 317 cm³/mol. The molecule has 0 radical (unpaired) electrons. The molecule has 0 aliphatic carbocycles. The third-order valence-corrected chi connectivity index (χ3v) is 13.2. The minimum absolute atomic E-state index is 0.0158. The monoisotopic (exact) mass is 1210 g/mol. The van der Waals surface area contributed by atoms with Gasteiger partial charge in [-0.3, -0.25) is 57.7 Å². The van der Waals surface area contributed by atoms with E-state index in [0.717, 1.165) is 0 Å². The van der Waals surface area contributed by atoms with E-state index in [0.29, 0.717) is 35.7 Å². The number of benzene rings is 1. The Labute approximate surface area is 499 Å². The van der Waals surface area contributed by atoms with Crippen LogP contribution < -0.4 is 82.3 Å². The van der Waals surface area contributed by atoms with Gasteiger partial charge in [0, 0.05) is 30.1 Å². The van der Waals surface area contributed by atoms with Gasteiger partial charge in [-0.25, -0.2) is 4.79 Å². The van der Waals surface area contributed by atoms with Crippen LogP contribution in [0.4, 0.5) is 0 Å². The van der Waals surface area contributed by atoms with Gasteiger partial charge in [-0.05, 0) is 94.2 Å². The lowest BCUT2D eigenvalue weighted by Crippen LogP contribution is -2.61. The maximum Gasteiger partial charge on any atom is 0.326 e. The minimum Gasteiger partial charge on any atom is -0.480 e. The van der Waals surface area contributed by atoms with Crippen molar-refractivity contribution < 1.29 is 67.7 Å². The third-order valence-electron chi connectivity index (χ3n) is 13.2. The summed E-state index contributed by atoms with van der Waals surface area (Å²) in [5.74, 6) is -12.6. The zero-order valence-corrected chi connectivity index (χ0v) is 50.0. The van der Waals surface area contributed by atoms with Crippen LogP contribution in [-0.2, 0) is 64.0 Å². The summed E-state index contributed by atoms with van der Waals surface area (Å²) in [5.41, 5.74) is 34.2. The minimum atomic E-state index is -1.73. The van der Waals surface area contributed by atoms with Crippen molar-refractivity contribution in [1.82, 2.24) is 52.8 Å². The number of carbonyl (C=O) groups excluding carboxylic acids is 11. The van der Waals surface area contributed by atoms with E-state index in [1.807, 2.05) is 0 Å². The number of carboxylic acid groups (broad SMARTS) is 1. The molecule has 24 N–H and O–H groups in total. The van der Waals surface area contributed by atoms with Crippen molar-refractivity contribution in [1.29, 1.82) is 0 Å². The third kappa shape index (κ3) is 27.1. The van der Waals surface area contributed by atoms with Crippen LogP contribution in [0.25, 0.3) is 10.9 Å². The Hall–Kier alpha value is -8.45. The molecule has 0 aliphatic heterocycles. The van der Waals surface area contributed by atoms with Gasteiger partial charge >= 0.3 is 5.97 Å². The smallest absolute Gasteiger partial charge is 0.326 e. The molecule has 0 spiro atoms. The number of carboxylic acids is 1. The molecule has 10 atom stereocenters. The molecule has 0 fully saturated rings. The molecular formula is C55H91N17O14. The number of aromatic amines is 1. The fourth-order valence-electron chi connectivity index (χ4n) is 8.88. The SMILES string of the molecule is CC(C)C[C@H](NC(=O)[C@H](CC(C)C)NC(=O)[C@H](CC(N)=O)NC(=O)[C@@H](N)CCCN=C(N)N)C(=O)N[C@@H](Cc1c[nH]c2ccccc12)C(=O)N[C@@H](CC(C)C)C(=O)N[C@H](C(=O)NCC(=O)N[C@@H](CCCCN)C(=O)N[C@@H](CC(N)=O)C(=O)O)[C@@H](C)O. The Morgan fingerprint density at radius 1 is 0.547 bits per heavy atom. The number of fused-ring (bicyclic) bond motifs is 1. The number of aromatic nitrogens is 1. The zero-order chi connectivity index (χ0) is 65.0. The van der Waals surface area contributed by atoms with Crippen molar-refractivity contribution in [2.45, 2.75) is 180 Å². The highest BCUT2D eigenvalue weighted by Gasteiger charge is 2.36. The summed E-state index contributed by atoms with van der Waals surface area (Å²) in [7, 11) is 0. The molecule has 0 aliphatic rings. The number of H-pyrrole nitrogens is 1. The van der Waals surface area contributed by atoms with Crippen molar-refractivity contribution in [2.24, 2.45) is 57.1 Å². The number of para-hydroxylation sites is 1. The van der Waals surface area contributed by atoms with Gasteiger partial charge in [-0.1, -0.05) is 59.7 Å². The highest BCUT2D eigenvalue weighted by molar-refractivity contribution is 5.99. The number of primary amides is 2. The van der Waals surface area contributed by atoms with Gasteiger partial charge in [0.05, 0.1) is 31.5 Å². The van der Waals surface area contributed by atoms with Gasteiger partial charge in [-0.15, -0.1) is 0 Å². The van der Waals surface area contributed by atoms with Gasteiger partial charge in [0.25, 0.3) is 0 Å². The molecule has 0 saturated carbocycles. The van der Waals surface area contributed by atoms with Crippen molar-refractivity contribution >= 4 is 87.8 Å². The van der Waals surface area contributed by atoms with E-state index < -0.39 is 151 Å².